The van der Waals surface area contributed by atoms with Crippen molar-refractivity contribution in [3.63, 3.8) is 0 Å². The highest BCUT2D eigenvalue weighted by atomic mass is 16.1. The van der Waals surface area contributed by atoms with Crippen molar-refractivity contribution in [3.8, 4) is 0 Å². The molecule has 1 fully saturated rings. The summed E-state index contributed by atoms with van der Waals surface area (Å²) >= 11 is 0. The van der Waals surface area contributed by atoms with E-state index < -0.39 is 24.7 Å². The Bertz CT molecular complexity index is 428. The fourth-order valence-electron chi connectivity index (χ4n) is 2.59. The van der Waals surface area contributed by atoms with Crippen molar-refractivity contribution in [1.82, 2.24) is 20.4 Å². The molecular weight excluding hydrogens is 240 g/mol. The third kappa shape index (κ3) is 1.22. The number of carbonyl (C=O) groups excluding carboxylic acids is 2. The number of guanidine groups is 2. The Labute approximate surface area is 102 Å². The van der Waals surface area contributed by atoms with Crippen LogP contribution in [0, 0.1) is 0 Å². The lowest BCUT2D eigenvalue weighted by molar-refractivity contribution is -0.593. The van der Waals surface area contributed by atoms with Gasteiger partial charge in [-0.15, -0.1) is 0 Å². The smallest absolute Gasteiger partial charge is 0.291 e. The summed E-state index contributed by atoms with van der Waals surface area (Å²) in [5.74, 6) is 0.640. The summed E-state index contributed by atoms with van der Waals surface area (Å²) < 4.78 is 0. The fourth-order valence-corrected chi connectivity index (χ4v) is 2.59. The molecule has 3 aliphatic rings. The van der Waals surface area contributed by atoms with Crippen LogP contribution in [0.5, 0.6) is 0 Å². The molecule has 8 N–H and O–H groups in total. The predicted octanol–water partition coefficient (Wildman–Crippen LogP) is -7.78. The number of amides is 2. The molecular formula is C8H14N8O2+2. The van der Waals surface area contributed by atoms with Crippen LogP contribution in [0.25, 0.3) is 0 Å². The Kier molecular flexibility index (Phi) is 2.06. The maximum atomic E-state index is 11.2. The molecule has 3 aliphatic heterocycles. The first kappa shape index (κ1) is 10.6. The molecule has 0 aliphatic carbocycles. The minimum Gasteiger partial charge on any atom is -0.291 e. The number of rotatable bonds is 2. The highest BCUT2D eigenvalue weighted by Gasteiger charge is 2.56. The Morgan fingerprint density at radius 2 is 1.39 bits per heavy atom. The molecule has 0 spiro atoms. The van der Waals surface area contributed by atoms with Gasteiger partial charge in [-0.1, -0.05) is 0 Å². The van der Waals surface area contributed by atoms with E-state index >= 15 is 0 Å². The van der Waals surface area contributed by atoms with Crippen LogP contribution in [-0.4, -0.2) is 59.2 Å². The molecule has 10 nitrogen and oxygen atoms in total. The highest BCUT2D eigenvalue weighted by molar-refractivity contribution is 5.76. The molecule has 1 saturated heterocycles. The standard InChI is InChI=1S/C8H12N8O2/c9-7-11-3-5(13-7)16(2-18)6-4(15(3)1-17)12-8(10)14-6/h1-6H,(H3,9,11,13)(H3,10,12,14)/p+2/t3-,4+,5-,6+. The second-order valence-electron chi connectivity index (χ2n) is 4.29. The van der Waals surface area contributed by atoms with E-state index in [4.69, 9.17) is 11.5 Å². The predicted molar refractivity (Wildman–Crippen MR) is 57.5 cm³/mol. The topological polar surface area (TPSA) is 145 Å². The Balaban J connectivity index is 2.01. The molecule has 0 aromatic carbocycles. The number of carbonyl (C=O) groups is 2. The largest absolute Gasteiger partial charge is 0.344 e. The third-order valence-corrected chi connectivity index (χ3v) is 3.34. The van der Waals surface area contributed by atoms with E-state index in [0.29, 0.717) is 24.7 Å². The summed E-state index contributed by atoms with van der Waals surface area (Å²) in [4.78, 5) is 31.3. The average molecular weight is 254 g/mol. The number of fused-ring (bicyclic) bond motifs is 2. The summed E-state index contributed by atoms with van der Waals surface area (Å²) in [6, 6.07) is 0. The molecule has 0 radical (unpaired) electrons. The van der Waals surface area contributed by atoms with Crippen LogP contribution in [-0.2, 0) is 9.59 Å². The quantitative estimate of drug-likeness (QED) is 0.270. The Hall–Kier alpha value is -2.52. The van der Waals surface area contributed by atoms with Gasteiger partial charge >= 0.3 is 11.9 Å². The van der Waals surface area contributed by atoms with Gasteiger partial charge < -0.3 is 0 Å². The first-order valence-electron chi connectivity index (χ1n) is 5.42. The van der Waals surface area contributed by atoms with Gasteiger partial charge in [0.05, 0.1) is 0 Å². The summed E-state index contributed by atoms with van der Waals surface area (Å²) in [7, 11) is 0. The molecule has 0 aromatic rings. The molecule has 18 heavy (non-hydrogen) atoms. The zero-order valence-corrected chi connectivity index (χ0v) is 9.33. The fraction of sp³-hybridized carbons (Fsp3) is 0.500. The Morgan fingerprint density at radius 3 is 1.78 bits per heavy atom. The molecule has 96 valence electrons. The average Bonchev–Trinajstić information content (AvgIpc) is 2.87. The molecule has 0 unspecified atom stereocenters. The van der Waals surface area contributed by atoms with Gasteiger partial charge in [-0.3, -0.25) is 51.5 Å². The van der Waals surface area contributed by atoms with Gasteiger partial charge in [0.15, 0.2) is 0 Å². The van der Waals surface area contributed by atoms with Crippen molar-refractivity contribution < 1.29 is 19.6 Å². The van der Waals surface area contributed by atoms with Gasteiger partial charge in [0.2, 0.25) is 37.5 Å². The van der Waals surface area contributed by atoms with Crippen LogP contribution >= 0.6 is 0 Å². The normalized spacial score (nSPS) is 36.9. The van der Waals surface area contributed by atoms with E-state index in [0.717, 1.165) is 0 Å². The van der Waals surface area contributed by atoms with E-state index in [-0.39, 0.29) is 0 Å². The van der Waals surface area contributed by atoms with Gasteiger partial charge in [0.25, 0.3) is 0 Å². The first-order valence-corrected chi connectivity index (χ1v) is 5.42. The summed E-state index contributed by atoms with van der Waals surface area (Å²) in [6.07, 6.45) is -0.359. The summed E-state index contributed by atoms with van der Waals surface area (Å²) in [5, 5.41) is 5.82. The third-order valence-electron chi connectivity index (χ3n) is 3.34. The lowest BCUT2D eigenvalue weighted by Gasteiger charge is -2.42. The number of nitrogens with one attached hydrogen (secondary N) is 4. The van der Waals surface area contributed by atoms with E-state index in [1.165, 1.54) is 9.80 Å². The lowest BCUT2D eigenvalue weighted by atomic mass is 10.1. The second-order valence-corrected chi connectivity index (χ2v) is 4.29. The van der Waals surface area contributed by atoms with Crippen molar-refractivity contribution in [2.45, 2.75) is 24.7 Å². The van der Waals surface area contributed by atoms with Crippen molar-refractivity contribution in [1.29, 1.82) is 0 Å². The van der Waals surface area contributed by atoms with Gasteiger partial charge in [-0.05, 0) is 0 Å². The van der Waals surface area contributed by atoms with E-state index in [9.17, 15) is 9.59 Å². The number of nitrogens with zero attached hydrogens (tertiary/aromatic N) is 2. The van der Waals surface area contributed by atoms with Crippen molar-refractivity contribution in [3.05, 3.63) is 0 Å². The molecule has 0 aromatic heterocycles. The maximum Gasteiger partial charge on any atom is 0.344 e. The van der Waals surface area contributed by atoms with Crippen molar-refractivity contribution in [2.75, 3.05) is 0 Å². The van der Waals surface area contributed by atoms with Crippen LogP contribution in [0.1, 0.15) is 0 Å². The van der Waals surface area contributed by atoms with Gasteiger partial charge in [0.1, 0.15) is 0 Å². The van der Waals surface area contributed by atoms with Crippen LogP contribution < -0.4 is 32.1 Å². The molecule has 4 atom stereocenters. The monoisotopic (exact) mass is 254 g/mol. The van der Waals surface area contributed by atoms with Crippen LogP contribution in [0.2, 0.25) is 0 Å². The molecule has 3 heterocycles. The minimum absolute atomic E-state index is 0.320. The highest BCUT2D eigenvalue weighted by Crippen LogP contribution is 2.17. The molecule has 0 saturated carbocycles. The minimum atomic E-state index is -0.436. The van der Waals surface area contributed by atoms with Gasteiger partial charge in [-0.25, -0.2) is 0 Å². The summed E-state index contributed by atoms with van der Waals surface area (Å²) in [5.41, 5.74) is 11.3. The maximum absolute atomic E-state index is 11.2. The second kappa shape index (κ2) is 3.48. The summed E-state index contributed by atoms with van der Waals surface area (Å²) in [6.45, 7) is 0. The molecule has 2 amide bonds. The number of hydrogen-bond acceptors (Lipinski definition) is 6. The van der Waals surface area contributed by atoms with Gasteiger partial charge in [0, 0.05) is 0 Å². The number of hydrogen-bond donors (Lipinski definition) is 6. The van der Waals surface area contributed by atoms with Crippen LogP contribution in [0.3, 0.4) is 0 Å². The van der Waals surface area contributed by atoms with Crippen molar-refractivity contribution >= 4 is 24.7 Å². The SMILES string of the molecule is NC1=[NH+][C@@H]2[C@@H](N1)N(C=O)[C@H]1NC(N)=[NH+][C@@H]1N2C=O. The Morgan fingerprint density at radius 1 is 0.944 bits per heavy atom. The van der Waals surface area contributed by atoms with E-state index in [1.54, 1.807) is 0 Å². The van der Waals surface area contributed by atoms with E-state index in [2.05, 4.69) is 20.6 Å². The van der Waals surface area contributed by atoms with Crippen molar-refractivity contribution in [2.24, 2.45) is 11.5 Å². The first-order chi connectivity index (χ1) is 8.65. The van der Waals surface area contributed by atoms with E-state index in [1.807, 2.05) is 0 Å². The lowest BCUT2D eigenvalue weighted by Crippen LogP contribution is -2.95. The van der Waals surface area contributed by atoms with Crippen LogP contribution in [0.15, 0.2) is 0 Å². The molecule has 0 bridgehead atoms. The van der Waals surface area contributed by atoms with Crippen LogP contribution in [0.4, 0.5) is 0 Å². The molecule has 3 rings (SSSR count). The zero-order valence-electron chi connectivity index (χ0n) is 9.33. The zero-order chi connectivity index (χ0) is 12.9. The van der Waals surface area contributed by atoms with Gasteiger partial charge in [-0.2, -0.15) is 0 Å². The number of nitrogens with two attached hydrogens (primary N) is 2. The number of piperazine rings is 1. The molecule has 10 heteroatoms.